The van der Waals surface area contributed by atoms with Gasteiger partial charge in [-0.3, -0.25) is 0 Å². The monoisotopic (exact) mass is 246 g/mol. The van der Waals surface area contributed by atoms with Crippen LogP contribution in [0.1, 0.15) is 0 Å². The fourth-order valence-corrected chi connectivity index (χ4v) is 1.78. The molecule has 0 radical (unpaired) electrons. The molecule has 2 rings (SSSR count). The molecule has 1 aromatic rings. The van der Waals surface area contributed by atoms with E-state index in [1.165, 1.54) is 0 Å². The van der Waals surface area contributed by atoms with E-state index in [4.69, 9.17) is 4.74 Å². The van der Waals surface area contributed by atoms with Gasteiger partial charge in [0.05, 0.1) is 13.2 Å². The highest BCUT2D eigenvalue weighted by atomic mass is 79.9. The fourth-order valence-electron chi connectivity index (χ4n) is 1.38. The molecular weight excluding hydrogens is 236 g/mol. The SMILES string of the molecule is Cn1nc(Br)nc1N1CCOCC1. The third-order valence-corrected chi connectivity index (χ3v) is 2.34. The first-order valence-electron chi connectivity index (χ1n) is 4.16. The molecule has 0 bridgehead atoms. The second-order valence-electron chi connectivity index (χ2n) is 2.90. The van der Waals surface area contributed by atoms with E-state index in [-0.39, 0.29) is 0 Å². The van der Waals surface area contributed by atoms with Crippen molar-refractivity contribution in [3.63, 3.8) is 0 Å². The molecule has 0 aliphatic carbocycles. The maximum Gasteiger partial charge on any atom is 0.224 e. The molecule has 1 aromatic heterocycles. The van der Waals surface area contributed by atoms with Gasteiger partial charge >= 0.3 is 0 Å². The van der Waals surface area contributed by atoms with Gasteiger partial charge in [0, 0.05) is 20.1 Å². The van der Waals surface area contributed by atoms with Crippen LogP contribution in [0.4, 0.5) is 5.95 Å². The summed E-state index contributed by atoms with van der Waals surface area (Å²) in [7, 11) is 1.89. The molecular formula is C7H11BrN4O. The molecule has 72 valence electrons. The van der Waals surface area contributed by atoms with Crippen LogP contribution < -0.4 is 4.90 Å². The smallest absolute Gasteiger partial charge is 0.224 e. The predicted octanol–water partition coefficient (Wildman–Crippen LogP) is 0.414. The maximum absolute atomic E-state index is 5.26. The van der Waals surface area contributed by atoms with Crippen LogP contribution in [0.15, 0.2) is 4.73 Å². The van der Waals surface area contributed by atoms with Crippen LogP contribution in [-0.4, -0.2) is 41.1 Å². The Morgan fingerprint density at radius 1 is 1.38 bits per heavy atom. The van der Waals surface area contributed by atoms with Gasteiger partial charge in [-0.25, -0.2) is 4.68 Å². The number of aryl methyl sites for hydroxylation is 1. The van der Waals surface area contributed by atoms with E-state index in [9.17, 15) is 0 Å². The number of anilines is 1. The Hall–Kier alpha value is -0.620. The normalized spacial score (nSPS) is 17.8. The highest BCUT2D eigenvalue weighted by Gasteiger charge is 2.16. The van der Waals surface area contributed by atoms with Crippen molar-refractivity contribution in [1.29, 1.82) is 0 Å². The van der Waals surface area contributed by atoms with Gasteiger partial charge < -0.3 is 9.64 Å². The zero-order chi connectivity index (χ0) is 9.26. The van der Waals surface area contributed by atoms with Crippen LogP contribution in [0.3, 0.4) is 0 Å². The first-order chi connectivity index (χ1) is 6.27. The summed E-state index contributed by atoms with van der Waals surface area (Å²) >= 11 is 3.25. The third kappa shape index (κ3) is 1.83. The molecule has 0 spiro atoms. The standard InChI is InChI=1S/C7H11BrN4O/c1-11-7(9-6(8)10-11)12-2-4-13-5-3-12/h2-5H2,1H3. The lowest BCUT2D eigenvalue weighted by atomic mass is 10.4. The van der Waals surface area contributed by atoms with Crippen molar-refractivity contribution in [2.75, 3.05) is 31.2 Å². The summed E-state index contributed by atoms with van der Waals surface area (Å²) in [6.45, 7) is 3.31. The Bertz CT molecular complexity index is 295. The van der Waals surface area contributed by atoms with Crippen molar-refractivity contribution in [3.8, 4) is 0 Å². The highest BCUT2D eigenvalue weighted by Crippen LogP contribution is 2.14. The first kappa shape index (κ1) is 8.96. The van der Waals surface area contributed by atoms with Crippen molar-refractivity contribution < 1.29 is 4.74 Å². The molecule has 5 nitrogen and oxygen atoms in total. The second kappa shape index (κ2) is 3.63. The lowest BCUT2D eigenvalue weighted by molar-refractivity contribution is 0.121. The number of rotatable bonds is 1. The number of ether oxygens (including phenoxy) is 1. The Labute approximate surface area is 84.8 Å². The molecule has 0 atom stereocenters. The van der Waals surface area contributed by atoms with E-state index in [1.807, 2.05) is 7.05 Å². The minimum Gasteiger partial charge on any atom is -0.378 e. The predicted molar refractivity (Wildman–Crippen MR) is 51.7 cm³/mol. The van der Waals surface area contributed by atoms with Gasteiger partial charge in [0.1, 0.15) is 0 Å². The Morgan fingerprint density at radius 2 is 2.08 bits per heavy atom. The Morgan fingerprint density at radius 3 is 2.62 bits per heavy atom. The van der Waals surface area contributed by atoms with Crippen LogP contribution in [-0.2, 0) is 11.8 Å². The number of hydrogen-bond acceptors (Lipinski definition) is 4. The summed E-state index contributed by atoms with van der Waals surface area (Å²) in [5, 5.41) is 4.13. The molecule has 1 aliphatic heterocycles. The van der Waals surface area contributed by atoms with Crippen LogP contribution in [0.2, 0.25) is 0 Å². The lowest BCUT2D eigenvalue weighted by Gasteiger charge is -2.26. The molecule has 6 heteroatoms. The maximum atomic E-state index is 5.26. The topological polar surface area (TPSA) is 43.2 Å². The molecule has 0 saturated carbocycles. The molecule has 1 saturated heterocycles. The molecule has 0 aromatic carbocycles. The summed E-state index contributed by atoms with van der Waals surface area (Å²) in [6.07, 6.45) is 0. The molecule has 0 unspecified atom stereocenters. The van der Waals surface area contributed by atoms with Crippen molar-refractivity contribution in [3.05, 3.63) is 4.73 Å². The van der Waals surface area contributed by atoms with Crippen molar-refractivity contribution in [2.45, 2.75) is 0 Å². The first-order valence-corrected chi connectivity index (χ1v) is 4.96. The van der Waals surface area contributed by atoms with Gasteiger partial charge in [-0.2, -0.15) is 4.98 Å². The lowest BCUT2D eigenvalue weighted by Crippen LogP contribution is -2.37. The van der Waals surface area contributed by atoms with Gasteiger partial charge in [-0.05, 0) is 15.9 Å². The number of halogens is 1. The molecule has 0 N–H and O–H groups in total. The van der Waals surface area contributed by atoms with E-state index >= 15 is 0 Å². The van der Waals surface area contributed by atoms with Gasteiger partial charge in [0.2, 0.25) is 10.7 Å². The van der Waals surface area contributed by atoms with Crippen molar-refractivity contribution in [1.82, 2.24) is 14.8 Å². The van der Waals surface area contributed by atoms with Gasteiger partial charge in [-0.1, -0.05) is 0 Å². The number of nitrogens with zero attached hydrogens (tertiary/aromatic N) is 4. The number of morpholine rings is 1. The van der Waals surface area contributed by atoms with Crippen LogP contribution >= 0.6 is 15.9 Å². The number of hydrogen-bond donors (Lipinski definition) is 0. The number of aromatic nitrogens is 3. The quantitative estimate of drug-likeness (QED) is 0.721. The molecule has 1 aliphatic rings. The van der Waals surface area contributed by atoms with E-state index in [2.05, 4.69) is 30.9 Å². The van der Waals surface area contributed by atoms with E-state index < -0.39 is 0 Å². The minimum atomic E-state index is 0.636. The zero-order valence-electron chi connectivity index (χ0n) is 7.40. The summed E-state index contributed by atoms with van der Waals surface area (Å²) in [5.41, 5.74) is 0. The fraction of sp³-hybridized carbons (Fsp3) is 0.714. The largest absolute Gasteiger partial charge is 0.378 e. The molecule has 0 amide bonds. The van der Waals surface area contributed by atoms with E-state index in [0.717, 1.165) is 32.3 Å². The van der Waals surface area contributed by atoms with Gasteiger partial charge in [0.25, 0.3) is 0 Å². The van der Waals surface area contributed by atoms with Crippen molar-refractivity contribution >= 4 is 21.9 Å². The summed E-state index contributed by atoms with van der Waals surface area (Å²) < 4.78 is 7.67. The minimum absolute atomic E-state index is 0.636. The van der Waals surface area contributed by atoms with Gasteiger partial charge in [-0.15, -0.1) is 5.10 Å². The second-order valence-corrected chi connectivity index (χ2v) is 3.61. The summed E-state index contributed by atoms with van der Waals surface area (Å²) in [5.74, 6) is 0.898. The molecule has 2 heterocycles. The average Bonchev–Trinajstić information content (AvgIpc) is 2.47. The van der Waals surface area contributed by atoms with Crippen molar-refractivity contribution in [2.24, 2.45) is 7.05 Å². The van der Waals surface area contributed by atoms with Crippen LogP contribution in [0.25, 0.3) is 0 Å². The molecule has 1 fully saturated rings. The van der Waals surface area contributed by atoms with E-state index in [1.54, 1.807) is 4.68 Å². The van der Waals surface area contributed by atoms with E-state index in [0.29, 0.717) is 4.73 Å². The third-order valence-electron chi connectivity index (χ3n) is 2.01. The molecule has 13 heavy (non-hydrogen) atoms. The highest BCUT2D eigenvalue weighted by molar-refractivity contribution is 9.10. The zero-order valence-corrected chi connectivity index (χ0v) is 8.99. The van der Waals surface area contributed by atoms with Gasteiger partial charge in [0.15, 0.2) is 0 Å². The van der Waals surface area contributed by atoms with Crippen LogP contribution in [0, 0.1) is 0 Å². The van der Waals surface area contributed by atoms with Crippen LogP contribution in [0.5, 0.6) is 0 Å². The average molecular weight is 247 g/mol. The summed E-state index contributed by atoms with van der Waals surface area (Å²) in [6, 6.07) is 0. The Kier molecular flexibility index (Phi) is 2.50. The Balaban J connectivity index is 2.18. The summed E-state index contributed by atoms with van der Waals surface area (Å²) in [4.78, 5) is 6.44.